The lowest BCUT2D eigenvalue weighted by Crippen LogP contribution is -2.28. The van der Waals surface area contributed by atoms with Gasteiger partial charge in [-0.1, -0.05) is 25.0 Å². The lowest BCUT2D eigenvalue weighted by atomic mass is 10.1. The third-order valence-electron chi connectivity index (χ3n) is 4.36. The van der Waals surface area contributed by atoms with E-state index in [1.165, 1.54) is 12.8 Å². The summed E-state index contributed by atoms with van der Waals surface area (Å²) < 4.78 is 2.17. The van der Waals surface area contributed by atoms with E-state index < -0.39 is 0 Å². The van der Waals surface area contributed by atoms with Crippen molar-refractivity contribution in [1.29, 1.82) is 0 Å². The minimum atomic E-state index is -0.293. The molecule has 1 aromatic rings. The maximum Gasteiger partial charge on any atom is 0.223 e. The van der Waals surface area contributed by atoms with E-state index in [4.69, 9.17) is 0 Å². The Kier molecular flexibility index (Phi) is 5.61. The Balaban J connectivity index is 2.44. The summed E-state index contributed by atoms with van der Waals surface area (Å²) in [6, 6.07) is 1.93. The van der Waals surface area contributed by atoms with Crippen molar-refractivity contribution >= 4 is 0 Å². The van der Waals surface area contributed by atoms with Gasteiger partial charge in [-0.05, 0) is 19.8 Å². The zero-order valence-corrected chi connectivity index (χ0v) is 13.4. The average Bonchev–Trinajstić information content (AvgIpc) is 2.99. The molecule has 1 aliphatic carbocycles. The van der Waals surface area contributed by atoms with Crippen LogP contribution in [0.25, 0.3) is 0 Å². The number of aryl methyl sites for hydroxylation is 1. The van der Waals surface area contributed by atoms with Gasteiger partial charge in [0.25, 0.3) is 0 Å². The Morgan fingerprint density at radius 2 is 1.91 bits per heavy atom. The highest BCUT2D eigenvalue weighted by molar-refractivity contribution is 5.30. The predicted octanol–water partition coefficient (Wildman–Crippen LogP) is 3.15. The van der Waals surface area contributed by atoms with Crippen LogP contribution in [-0.4, -0.2) is 27.7 Å². The monoisotopic (exact) mass is 302 g/mol. The van der Waals surface area contributed by atoms with Gasteiger partial charge in [0.2, 0.25) is 5.43 Å². The first-order valence-corrected chi connectivity index (χ1v) is 7.96. The fourth-order valence-corrected chi connectivity index (χ4v) is 3.40. The van der Waals surface area contributed by atoms with Crippen molar-refractivity contribution in [3.63, 3.8) is 0 Å². The minimum Gasteiger partial charge on any atom is -0.503 e. The maximum atomic E-state index is 12.0. The van der Waals surface area contributed by atoms with Crippen LogP contribution in [0, 0.1) is 6.92 Å². The summed E-state index contributed by atoms with van der Waals surface area (Å²) in [4.78, 5) is 14.1. The Morgan fingerprint density at radius 1 is 1.32 bits per heavy atom. The number of aromatic nitrogens is 1. The van der Waals surface area contributed by atoms with E-state index in [2.05, 4.69) is 22.6 Å². The molecule has 0 unspecified atom stereocenters. The van der Waals surface area contributed by atoms with Gasteiger partial charge in [0.1, 0.15) is 0 Å². The molecule has 0 amide bonds. The fourth-order valence-electron chi connectivity index (χ4n) is 3.40. The third-order valence-corrected chi connectivity index (χ3v) is 4.36. The van der Waals surface area contributed by atoms with Crippen LogP contribution in [0.15, 0.2) is 36.2 Å². The molecule has 1 N–H and O–H groups in total. The highest BCUT2D eigenvalue weighted by atomic mass is 16.3. The summed E-state index contributed by atoms with van der Waals surface area (Å²) in [7, 11) is 0. The smallest absolute Gasteiger partial charge is 0.223 e. The van der Waals surface area contributed by atoms with Gasteiger partial charge < -0.3 is 9.67 Å². The minimum absolute atomic E-state index is 0.115. The first-order chi connectivity index (χ1) is 10.6. The Hall–Kier alpha value is -1.81. The second kappa shape index (κ2) is 7.45. The van der Waals surface area contributed by atoms with Crippen LogP contribution < -0.4 is 5.43 Å². The van der Waals surface area contributed by atoms with Gasteiger partial charge in [0.15, 0.2) is 5.75 Å². The topological polar surface area (TPSA) is 45.5 Å². The first-order valence-electron chi connectivity index (χ1n) is 7.96. The zero-order valence-electron chi connectivity index (χ0n) is 13.4. The van der Waals surface area contributed by atoms with E-state index >= 15 is 0 Å². The van der Waals surface area contributed by atoms with Crippen molar-refractivity contribution in [2.24, 2.45) is 0 Å². The van der Waals surface area contributed by atoms with Crippen molar-refractivity contribution in [1.82, 2.24) is 9.47 Å². The summed E-state index contributed by atoms with van der Waals surface area (Å²) in [5.41, 5.74) is 1.36. The molecule has 1 fully saturated rings. The van der Waals surface area contributed by atoms with Gasteiger partial charge in [0, 0.05) is 37.4 Å². The zero-order chi connectivity index (χ0) is 16.1. The number of nitrogens with zero attached hydrogens (tertiary/aromatic N) is 2. The Morgan fingerprint density at radius 3 is 2.45 bits per heavy atom. The molecule has 0 bridgehead atoms. The van der Waals surface area contributed by atoms with Crippen LogP contribution in [-0.2, 0) is 6.54 Å². The standard InChI is InChI=1S/C18H26N2O2/c1-4-10-19(11-5-2)13-16-18(22)17(21)12-14(3)20(16)15-8-6-7-9-15/h4-5,12,15,22H,1-2,6-11,13H2,3H3. The van der Waals surface area contributed by atoms with Crippen LogP contribution in [0.4, 0.5) is 0 Å². The van der Waals surface area contributed by atoms with Crippen LogP contribution in [0.1, 0.15) is 43.1 Å². The highest BCUT2D eigenvalue weighted by Crippen LogP contribution is 2.33. The van der Waals surface area contributed by atoms with Crippen molar-refractivity contribution in [3.05, 3.63) is 53.0 Å². The molecule has 22 heavy (non-hydrogen) atoms. The summed E-state index contributed by atoms with van der Waals surface area (Å²) in [6.07, 6.45) is 8.29. The molecule has 0 atom stereocenters. The van der Waals surface area contributed by atoms with Gasteiger partial charge in [-0.2, -0.15) is 0 Å². The van der Waals surface area contributed by atoms with Crippen molar-refractivity contribution in [2.75, 3.05) is 13.1 Å². The SMILES string of the molecule is C=CCN(CC=C)Cc1c(O)c(=O)cc(C)n1C1CCCC1. The number of rotatable bonds is 7. The first kappa shape index (κ1) is 16.6. The Labute approximate surface area is 132 Å². The van der Waals surface area contributed by atoms with Crippen molar-refractivity contribution < 1.29 is 5.11 Å². The average molecular weight is 302 g/mol. The van der Waals surface area contributed by atoms with Gasteiger partial charge in [-0.25, -0.2) is 0 Å². The molecule has 1 aromatic heterocycles. The van der Waals surface area contributed by atoms with Gasteiger partial charge >= 0.3 is 0 Å². The molecule has 0 saturated heterocycles. The second-order valence-corrected chi connectivity index (χ2v) is 6.02. The van der Waals surface area contributed by atoms with E-state index in [1.807, 2.05) is 19.1 Å². The molecule has 1 aliphatic rings. The van der Waals surface area contributed by atoms with E-state index in [0.29, 0.717) is 25.7 Å². The summed E-state index contributed by atoms with van der Waals surface area (Å²) in [5, 5.41) is 10.3. The molecule has 2 rings (SSSR count). The summed E-state index contributed by atoms with van der Waals surface area (Å²) in [6.45, 7) is 11.4. The predicted molar refractivity (Wildman–Crippen MR) is 90.3 cm³/mol. The Bertz CT molecular complexity index is 588. The number of hydrogen-bond acceptors (Lipinski definition) is 3. The second-order valence-electron chi connectivity index (χ2n) is 6.02. The third kappa shape index (κ3) is 3.50. The van der Waals surface area contributed by atoms with Crippen LogP contribution >= 0.6 is 0 Å². The molecule has 4 nitrogen and oxygen atoms in total. The number of hydrogen-bond donors (Lipinski definition) is 1. The van der Waals surface area contributed by atoms with Gasteiger partial charge in [-0.15, -0.1) is 13.2 Å². The summed E-state index contributed by atoms with van der Waals surface area (Å²) >= 11 is 0. The summed E-state index contributed by atoms with van der Waals surface area (Å²) in [5.74, 6) is -0.115. The molecule has 0 aliphatic heterocycles. The molecule has 0 aromatic carbocycles. The van der Waals surface area contributed by atoms with Crippen LogP contribution in [0.3, 0.4) is 0 Å². The van der Waals surface area contributed by atoms with Crippen LogP contribution in [0.5, 0.6) is 5.75 Å². The van der Waals surface area contributed by atoms with E-state index in [9.17, 15) is 9.90 Å². The van der Waals surface area contributed by atoms with E-state index in [0.717, 1.165) is 24.2 Å². The lowest BCUT2D eigenvalue weighted by molar-refractivity contribution is 0.299. The fraction of sp³-hybridized carbons (Fsp3) is 0.500. The number of aromatic hydroxyl groups is 1. The molecule has 120 valence electrons. The van der Waals surface area contributed by atoms with Crippen molar-refractivity contribution in [3.8, 4) is 5.75 Å². The molecule has 0 spiro atoms. The molecule has 4 heteroatoms. The molecule has 1 heterocycles. The number of pyridine rings is 1. The molecular formula is C18H26N2O2. The molecular weight excluding hydrogens is 276 g/mol. The molecule has 1 saturated carbocycles. The van der Waals surface area contributed by atoms with Gasteiger partial charge in [-0.3, -0.25) is 9.69 Å². The molecule has 0 radical (unpaired) electrons. The van der Waals surface area contributed by atoms with Crippen LogP contribution in [0.2, 0.25) is 0 Å². The van der Waals surface area contributed by atoms with E-state index in [1.54, 1.807) is 6.07 Å². The van der Waals surface area contributed by atoms with E-state index in [-0.39, 0.29) is 11.2 Å². The maximum absolute atomic E-state index is 12.0. The normalized spacial score (nSPS) is 15.4. The largest absolute Gasteiger partial charge is 0.503 e. The highest BCUT2D eigenvalue weighted by Gasteiger charge is 2.23. The van der Waals surface area contributed by atoms with Gasteiger partial charge in [0.05, 0.1) is 5.69 Å². The van der Waals surface area contributed by atoms with Crippen molar-refractivity contribution in [2.45, 2.75) is 45.2 Å². The quantitative estimate of drug-likeness (QED) is 0.787. The lowest BCUT2D eigenvalue weighted by Gasteiger charge is -2.27.